The van der Waals surface area contributed by atoms with E-state index in [9.17, 15) is 4.79 Å². The van der Waals surface area contributed by atoms with Gasteiger partial charge in [0, 0.05) is 48.8 Å². The Balaban J connectivity index is 1.73. The number of aryl methyl sites for hydroxylation is 1. The van der Waals surface area contributed by atoms with Crippen molar-refractivity contribution in [3.8, 4) is 11.8 Å². The molecule has 6 heteroatoms. The maximum atomic E-state index is 12.6. The summed E-state index contributed by atoms with van der Waals surface area (Å²) in [4.78, 5) is 16.9. The van der Waals surface area contributed by atoms with Gasteiger partial charge in [-0.05, 0) is 38.0 Å². The summed E-state index contributed by atoms with van der Waals surface area (Å²) in [5, 5.41) is 7.22. The Morgan fingerprint density at radius 2 is 2.21 bits per heavy atom. The first-order valence-electron chi connectivity index (χ1n) is 9.25. The number of anilines is 1. The highest BCUT2D eigenvalue weighted by Crippen LogP contribution is 2.14. The summed E-state index contributed by atoms with van der Waals surface area (Å²) in [6.07, 6.45) is 6.61. The third-order valence-corrected chi connectivity index (χ3v) is 4.40. The first-order chi connectivity index (χ1) is 13.6. The fourth-order valence-electron chi connectivity index (χ4n) is 2.79. The summed E-state index contributed by atoms with van der Waals surface area (Å²) in [5.74, 6) is 6.56. The van der Waals surface area contributed by atoms with Crippen molar-refractivity contribution in [1.82, 2.24) is 9.78 Å². The molecule has 0 radical (unpaired) electrons. The standard InChI is InChI=1S/C22H24N4O2/c1-16-6-8-20(13-19(16)9-7-18-5-4-11-23-14-18)22(27)24-21-10-12-26(25-21)17(2)15-28-3/h5-6,8,10,12-14,17H,4,11,15H2,1-3H3,(H,24,25,27)/t17-/m1/s1. The van der Waals surface area contributed by atoms with Crippen molar-refractivity contribution < 1.29 is 9.53 Å². The van der Waals surface area contributed by atoms with Crippen molar-refractivity contribution in [2.75, 3.05) is 25.6 Å². The van der Waals surface area contributed by atoms with E-state index in [1.165, 1.54) is 0 Å². The molecule has 1 atom stereocenters. The summed E-state index contributed by atoms with van der Waals surface area (Å²) in [6, 6.07) is 7.37. The van der Waals surface area contributed by atoms with E-state index in [4.69, 9.17) is 4.74 Å². The fraction of sp³-hybridized carbons (Fsp3) is 0.318. The average Bonchev–Trinajstić information content (AvgIpc) is 3.17. The second-order valence-corrected chi connectivity index (χ2v) is 6.70. The SMILES string of the molecule is COC[C@@H](C)n1ccc(NC(=O)c2ccc(C)c(C#CC3=CCCN=C3)c2)n1. The zero-order valence-corrected chi connectivity index (χ0v) is 16.4. The lowest BCUT2D eigenvalue weighted by molar-refractivity contribution is 0.102. The minimum Gasteiger partial charge on any atom is -0.382 e. The number of aromatic nitrogens is 2. The molecule has 0 bridgehead atoms. The van der Waals surface area contributed by atoms with Crippen molar-refractivity contribution in [2.24, 2.45) is 4.99 Å². The Labute approximate surface area is 165 Å². The molecule has 28 heavy (non-hydrogen) atoms. The average molecular weight is 376 g/mol. The molecule has 0 saturated heterocycles. The van der Waals surface area contributed by atoms with Crippen LogP contribution in [0.2, 0.25) is 0 Å². The van der Waals surface area contributed by atoms with Gasteiger partial charge in [0.05, 0.1) is 12.6 Å². The molecule has 0 spiro atoms. The number of benzene rings is 1. The van der Waals surface area contributed by atoms with Crippen molar-refractivity contribution in [3.05, 3.63) is 58.8 Å². The number of carbonyl (C=O) groups excluding carboxylic acids is 1. The highest BCUT2D eigenvalue weighted by molar-refractivity contribution is 6.04. The zero-order chi connectivity index (χ0) is 19.9. The molecule has 0 saturated carbocycles. The lowest BCUT2D eigenvalue weighted by atomic mass is 10.0. The Bertz CT molecular complexity index is 976. The first kappa shape index (κ1) is 19.6. The number of hydrogen-bond acceptors (Lipinski definition) is 4. The summed E-state index contributed by atoms with van der Waals surface area (Å²) in [6.45, 7) is 5.35. The van der Waals surface area contributed by atoms with Crippen LogP contribution in [0.15, 0.2) is 47.1 Å². The number of amides is 1. The predicted octanol–water partition coefficient (Wildman–Crippen LogP) is 3.40. The minimum absolute atomic E-state index is 0.0922. The van der Waals surface area contributed by atoms with Gasteiger partial charge in [0.1, 0.15) is 0 Å². The van der Waals surface area contributed by atoms with Crippen molar-refractivity contribution >= 4 is 17.9 Å². The van der Waals surface area contributed by atoms with E-state index >= 15 is 0 Å². The number of aliphatic imine (C=N–C) groups is 1. The van der Waals surface area contributed by atoms with Crippen LogP contribution in [-0.4, -0.2) is 42.2 Å². The molecule has 0 unspecified atom stereocenters. The molecule has 1 N–H and O–H groups in total. The Morgan fingerprint density at radius 1 is 1.36 bits per heavy atom. The molecular weight excluding hydrogens is 352 g/mol. The Hall–Kier alpha value is -3.17. The Kier molecular flexibility index (Phi) is 6.41. The van der Waals surface area contributed by atoms with Gasteiger partial charge >= 0.3 is 0 Å². The summed E-state index contributed by atoms with van der Waals surface area (Å²) in [7, 11) is 1.65. The van der Waals surface area contributed by atoms with E-state index in [1.54, 1.807) is 30.1 Å². The smallest absolute Gasteiger partial charge is 0.256 e. The van der Waals surface area contributed by atoms with Crippen LogP contribution in [0.5, 0.6) is 0 Å². The lowest BCUT2D eigenvalue weighted by Gasteiger charge is -2.10. The van der Waals surface area contributed by atoms with E-state index in [0.717, 1.165) is 29.7 Å². The molecule has 3 rings (SSSR count). The van der Waals surface area contributed by atoms with Crippen LogP contribution >= 0.6 is 0 Å². The number of rotatable bonds is 5. The van der Waals surface area contributed by atoms with Gasteiger partial charge in [-0.1, -0.05) is 24.0 Å². The molecule has 6 nitrogen and oxygen atoms in total. The number of nitrogens with one attached hydrogen (secondary N) is 1. The van der Waals surface area contributed by atoms with Crippen LogP contribution in [0.1, 0.15) is 40.9 Å². The first-order valence-corrected chi connectivity index (χ1v) is 9.25. The molecule has 1 aliphatic heterocycles. The number of methoxy groups -OCH3 is 1. The maximum absolute atomic E-state index is 12.6. The number of hydrogen-bond donors (Lipinski definition) is 1. The number of dihydropyridines is 1. The number of nitrogens with zero attached hydrogens (tertiary/aromatic N) is 3. The molecule has 1 aromatic heterocycles. The molecule has 144 valence electrons. The topological polar surface area (TPSA) is 68.5 Å². The largest absolute Gasteiger partial charge is 0.382 e. The van der Waals surface area contributed by atoms with E-state index in [0.29, 0.717) is 18.0 Å². The van der Waals surface area contributed by atoms with Gasteiger partial charge in [-0.25, -0.2) is 0 Å². The quantitative estimate of drug-likeness (QED) is 0.813. The van der Waals surface area contributed by atoms with Gasteiger partial charge in [0.25, 0.3) is 5.91 Å². The monoisotopic (exact) mass is 376 g/mol. The van der Waals surface area contributed by atoms with Gasteiger partial charge in [-0.2, -0.15) is 5.10 Å². The second-order valence-electron chi connectivity index (χ2n) is 6.70. The molecule has 2 aromatic rings. The summed E-state index contributed by atoms with van der Waals surface area (Å²) >= 11 is 0. The number of carbonyl (C=O) groups is 1. The lowest BCUT2D eigenvalue weighted by Crippen LogP contribution is -2.15. The molecule has 1 amide bonds. The minimum atomic E-state index is -0.217. The predicted molar refractivity (Wildman–Crippen MR) is 111 cm³/mol. The van der Waals surface area contributed by atoms with Crippen molar-refractivity contribution in [2.45, 2.75) is 26.3 Å². The summed E-state index contributed by atoms with van der Waals surface area (Å²) in [5.41, 5.74) is 3.30. The van der Waals surface area contributed by atoms with Crippen LogP contribution in [0, 0.1) is 18.8 Å². The van der Waals surface area contributed by atoms with Crippen LogP contribution in [0.3, 0.4) is 0 Å². The highest BCUT2D eigenvalue weighted by Gasteiger charge is 2.11. The third-order valence-electron chi connectivity index (χ3n) is 4.40. The zero-order valence-electron chi connectivity index (χ0n) is 16.4. The molecule has 1 aliphatic rings. The second kappa shape index (κ2) is 9.16. The highest BCUT2D eigenvalue weighted by atomic mass is 16.5. The van der Waals surface area contributed by atoms with Crippen LogP contribution in [0.4, 0.5) is 5.82 Å². The molecule has 0 fully saturated rings. The van der Waals surface area contributed by atoms with E-state index in [-0.39, 0.29) is 11.9 Å². The molecular formula is C22H24N4O2. The van der Waals surface area contributed by atoms with E-state index in [2.05, 4.69) is 33.3 Å². The molecule has 1 aromatic carbocycles. The number of allylic oxidation sites excluding steroid dienone is 1. The van der Waals surface area contributed by atoms with Gasteiger partial charge in [0.15, 0.2) is 5.82 Å². The van der Waals surface area contributed by atoms with Gasteiger partial charge in [-0.3, -0.25) is 14.5 Å². The van der Waals surface area contributed by atoms with E-state index < -0.39 is 0 Å². The molecule has 0 aliphatic carbocycles. The van der Waals surface area contributed by atoms with Crippen molar-refractivity contribution in [3.63, 3.8) is 0 Å². The molecule has 2 heterocycles. The van der Waals surface area contributed by atoms with Crippen LogP contribution < -0.4 is 5.32 Å². The van der Waals surface area contributed by atoms with Gasteiger partial charge in [0.2, 0.25) is 0 Å². The summed E-state index contributed by atoms with van der Waals surface area (Å²) < 4.78 is 6.90. The van der Waals surface area contributed by atoms with Gasteiger partial charge < -0.3 is 10.1 Å². The normalized spacial score (nSPS) is 14.0. The Morgan fingerprint density at radius 3 is 2.96 bits per heavy atom. The van der Waals surface area contributed by atoms with E-state index in [1.807, 2.05) is 32.2 Å². The van der Waals surface area contributed by atoms with Crippen molar-refractivity contribution in [1.29, 1.82) is 0 Å². The fourth-order valence-corrected chi connectivity index (χ4v) is 2.79. The third kappa shape index (κ3) is 4.96. The van der Waals surface area contributed by atoms with Gasteiger partial charge in [-0.15, -0.1) is 0 Å². The number of ether oxygens (including phenoxy) is 1. The van der Waals surface area contributed by atoms with Crippen LogP contribution in [-0.2, 0) is 4.74 Å². The van der Waals surface area contributed by atoms with Crippen LogP contribution in [0.25, 0.3) is 0 Å². The maximum Gasteiger partial charge on any atom is 0.256 e.